The van der Waals surface area contributed by atoms with E-state index in [1.54, 1.807) is 0 Å². The SMILES string of the molecule is CCC(C)CC(CC)NC1CC2CCC1(C)C2(C)C. The third-order valence-electron chi connectivity index (χ3n) is 7.11. The van der Waals surface area contributed by atoms with Crippen LogP contribution in [-0.4, -0.2) is 12.1 Å². The molecule has 2 fully saturated rings. The van der Waals surface area contributed by atoms with Gasteiger partial charge in [0.15, 0.2) is 0 Å². The summed E-state index contributed by atoms with van der Waals surface area (Å²) in [6, 6.07) is 1.49. The minimum Gasteiger partial charge on any atom is -0.311 e. The van der Waals surface area contributed by atoms with Crippen LogP contribution >= 0.6 is 0 Å². The Kier molecular flexibility index (Phi) is 4.35. The van der Waals surface area contributed by atoms with E-state index in [1.807, 2.05) is 0 Å². The van der Waals surface area contributed by atoms with Gasteiger partial charge >= 0.3 is 0 Å². The van der Waals surface area contributed by atoms with Gasteiger partial charge in [-0.1, -0.05) is 48.0 Å². The number of hydrogen-bond donors (Lipinski definition) is 1. The first-order valence-corrected chi connectivity index (χ1v) is 8.61. The molecule has 1 nitrogen and oxygen atoms in total. The molecule has 19 heavy (non-hydrogen) atoms. The Balaban J connectivity index is 2.00. The molecule has 2 bridgehead atoms. The van der Waals surface area contributed by atoms with Crippen molar-refractivity contribution in [3.8, 4) is 0 Å². The maximum absolute atomic E-state index is 4.06. The van der Waals surface area contributed by atoms with Gasteiger partial charge in [0.2, 0.25) is 0 Å². The topological polar surface area (TPSA) is 12.0 Å². The first kappa shape index (κ1) is 15.4. The van der Waals surface area contributed by atoms with Gasteiger partial charge < -0.3 is 5.32 Å². The molecule has 2 saturated carbocycles. The minimum atomic E-state index is 0.528. The largest absolute Gasteiger partial charge is 0.311 e. The van der Waals surface area contributed by atoms with Gasteiger partial charge in [-0.05, 0) is 54.8 Å². The number of fused-ring (bicyclic) bond motifs is 2. The van der Waals surface area contributed by atoms with Crippen LogP contribution < -0.4 is 5.32 Å². The van der Waals surface area contributed by atoms with E-state index in [9.17, 15) is 0 Å². The predicted octanol–water partition coefficient (Wildman–Crippen LogP) is 5.01. The van der Waals surface area contributed by atoms with Crippen LogP contribution in [0, 0.1) is 22.7 Å². The van der Waals surface area contributed by atoms with E-state index in [4.69, 9.17) is 0 Å². The lowest BCUT2D eigenvalue weighted by Gasteiger charge is -2.41. The van der Waals surface area contributed by atoms with Crippen molar-refractivity contribution in [2.24, 2.45) is 22.7 Å². The number of rotatable bonds is 6. The van der Waals surface area contributed by atoms with Crippen molar-refractivity contribution in [1.82, 2.24) is 5.32 Å². The van der Waals surface area contributed by atoms with Crippen molar-refractivity contribution < 1.29 is 0 Å². The molecule has 0 aliphatic heterocycles. The van der Waals surface area contributed by atoms with Crippen LogP contribution in [0.5, 0.6) is 0 Å². The van der Waals surface area contributed by atoms with Gasteiger partial charge in [0.1, 0.15) is 0 Å². The van der Waals surface area contributed by atoms with Crippen molar-refractivity contribution in [1.29, 1.82) is 0 Å². The molecule has 5 atom stereocenters. The smallest absolute Gasteiger partial charge is 0.0131 e. The van der Waals surface area contributed by atoms with Gasteiger partial charge in [0, 0.05) is 12.1 Å². The van der Waals surface area contributed by atoms with Crippen LogP contribution in [0.15, 0.2) is 0 Å². The molecule has 0 spiro atoms. The van der Waals surface area contributed by atoms with Crippen molar-refractivity contribution in [2.75, 3.05) is 0 Å². The average molecular weight is 265 g/mol. The zero-order chi connectivity index (χ0) is 14.3. The first-order chi connectivity index (χ1) is 8.85. The molecule has 0 saturated heterocycles. The summed E-state index contributed by atoms with van der Waals surface area (Å²) >= 11 is 0. The monoisotopic (exact) mass is 265 g/mol. The Bertz CT molecular complexity index is 309. The summed E-state index contributed by atoms with van der Waals surface area (Å²) in [6.07, 6.45) is 8.26. The summed E-state index contributed by atoms with van der Waals surface area (Å²) < 4.78 is 0. The molecule has 0 aromatic carbocycles. The molecule has 1 heteroatoms. The summed E-state index contributed by atoms with van der Waals surface area (Å²) in [4.78, 5) is 0. The second-order valence-corrected chi connectivity index (χ2v) is 8.18. The van der Waals surface area contributed by atoms with Crippen molar-refractivity contribution >= 4 is 0 Å². The zero-order valence-corrected chi connectivity index (χ0v) is 14.1. The Morgan fingerprint density at radius 2 is 1.84 bits per heavy atom. The van der Waals surface area contributed by atoms with Crippen molar-refractivity contribution in [3.05, 3.63) is 0 Å². The molecule has 112 valence electrons. The Labute approximate surface area is 120 Å². The van der Waals surface area contributed by atoms with Gasteiger partial charge in [-0.3, -0.25) is 0 Å². The van der Waals surface area contributed by atoms with Gasteiger partial charge in [0.25, 0.3) is 0 Å². The van der Waals surface area contributed by atoms with Gasteiger partial charge in [-0.25, -0.2) is 0 Å². The maximum Gasteiger partial charge on any atom is 0.0131 e. The standard InChI is InChI=1S/C18H35N/c1-7-13(3)11-15(8-2)19-16-12-14-9-10-18(16,6)17(14,4)5/h13-16,19H,7-12H2,1-6H3. The van der Waals surface area contributed by atoms with Crippen LogP contribution in [-0.2, 0) is 0 Å². The van der Waals surface area contributed by atoms with E-state index in [0.717, 1.165) is 23.9 Å². The van der Waals surface area contributed by atoms with E-state index in [-0.39, 0.29) is 0 Å². The maximum atomic E-state index is 4.06. The van der Waals surface area contributed by atoms with E-state index in [0.29, 0.717) is 10.8 Å². The Hall–Kier alpha value is -0.0400. The number of nitrogens with one attached hydrogen (secondary N) is 1. The normalized spacial score (nSPS) is 39.5. The lowest BCUT2D eigenvalue weighted by Crippen LogP contribution is -2.48. The molecule has 0 radical (unpaired) electrons. The predicted molar refractivity (Wildman–Crippen MR) is 84.3 cm³/mol. The lowest BCUT2D eigenvalue weighted by atomic mass is 9.69. The summed E-state index contributed by atoms with van der Waals surface area (Å²) in [6.45, 7) is 14.6. The first-order valence-electron chi connectivity index (χ1n) is 8.61. The highest BCUT2D eigenvalue weighted by Gasteiger charge is 2.61. The molecular weight excluding hydrogens is 230 g/mol. The average Bonchev–Trinajstić information content (AvgIpc) is 2.70. The molecule has 2 aliphatic rings. The molecule has 0 amide bonds. The van der Waals surface area contributed by atoms with Gasteiger partial charge in [-0.2, -0.15) is 0 Å². The second-order valence-electron chi connectivity index (χ2n) is 8.18. The highest BCUT2D eigenvalue weighted by molar-refractivity contribution is 5.13. The van der Waals surface area contributed by atoms with E-state index in [1.165, 1.54) is 38.5 Å². The highest BCUT2D eigenvalue weighted by Crippen LogP contribution is 2.65. The summed E-state index contributed by atoms with van der Waals surface area (Å²) in [5, 5.41) is 4.06. The van der Waals surface area contributed by atoms with E-state index in [2.05, 4.69) is 46.9 Å². The molecule has 2 rings (SSSR count). The highest BCUT2D eigenvalue weighted by atomic mass is 15.0. The fraction of sp³-hybridized carbons (Fsp3) is 1.00. The Morgan fingerprint density at radius 3 is 2.26 bits per heavy atom. The third-order valence-corrected chi connectivity index (χ3v) is 7.11. The van der Waals surface area contributed by atoms with Crippen LogP contribution in [0.2, 0.25) is 0 Å². The van der Waals surface area contributed by atoms with Gasteiger partial charge in [0.05, 0.1) is 0 Å². The van der Waals surface area contributed by atoms with E-state index >= 15 is 0 Å². The van der Waals surface area contributed by atoms with Gasteiger partial charge in [-0.15, -0.1) is 0 Å². The molecule has 2 aliphatic carbocycles. The molecule has 0 aromatic heterocycles. The van der Waals surface area contributed by atoms with E-state index < -0.39 is 0 Å². The van der Waals surface area contributed by atoms with Crippen LogP contribution in [0.4, 0.5) is 0 Å². The Morgan fingerprint density at radius 1 is 1.16 bits per heavy atom. The minimum absolute atomic E-state index is 0.528. The molecule has 5 unspecified atom stereocenters. The van der Waals surface area contributed by atoms with Crippen LogP contribution in [0.1, 0.15) is 80.1 Å². The van der Waals surface area contributed by atoms with Crippen LogP contribution in [0.3, 0.4) is 0 Å². The quantitative estimate of drug-likeness (QED) is 0.712. The summed E-state index contributed by atoms with van der Waals surface area (Å²) in [5.74, 6) is 1.81. The molecule has 0 heterocycles. The molecule has 0 aromatic rings. The summed E-state index contributed by atoms with van der Waals surface area (Å²) in [7, 11) is 0. The number of hydrogen-bond acceptors (Lipinski definition) is 1. The second kappa shape index (κ2) is 5.39. The summed E-state index contributed by atoms with van der Waals surface area (Å²) in [5.41, 5.74) is 1.07. The van der Waals surface area contributed by atoms with Crippen molar-refractivity contribution in [3.63, 3.8) is 0 Å². The molecule has 1 N–H and O–H groups in total. The lowest BCUT2D eigenvalue weighted by molar-refractivity contribution is 0.112. The zero-order valence-electron chi connectivity index (χ0n) is 14.1. The third kappa shape index (κ3) is 2.48. The molecular formula is C18H35N. The fourth-order valence-electron chi connectivity index (χ4n) is 4.75. The van der Waals surface area contributed by atoms with Crippen LogP contribution in [0.25, 0.3) is 0 Å². The van der Waals surface area contributed by atoms with Crippen molar-refractivity contribution in [2.45, 2.75) is 92.2 Å². The fourth-order valence-corrected chi connectivity index (χ4v) is 4.75.